The first-order valence-electron chi connectivity index (χ1n) is 8.61. The van der Waals surface area contributed by atoms with Crippen LogP contribution in [0.3, 0.4) is 0 Å². The Labute approximate surface area is 147 Å². The second kappa shape index (κ2) is 7.60. The van der Waals surface area contributed by atoms with Crippen LogP contribution in [-0.4, -0.2) is 18.0 Å². The minimum absolute atomic E-state index is 0.0235. The molecule has 2 atom stereocenters. The second-order valence-electron chi connectivity index (χ2n) is 6.27. The van der Waals surface area contributed by atoms with E-state index in [0.717, 1.165) is 5.66 Å². The molecule has 120 valence electrons. The van der Waals surface area contributed by atoms with Crippen LogP contribution in [0.15, 0.2) is 91.0 Å². The molecule has 0 amide bonds. The van der Waals surface area contributed by atoms with Crippen LogP contribution in [0.4, 0.5) is 0 Å². The highest BCUT2D eigenvalue weighted by Gasteiger charge is 2.32. The Morgan fingerprint density at radius 3 is 1.71 bits per heavy atom. The largest absolute Gasteiger partial charge is 0.0746 e. The van der Waals surface area contributed by atoms with Gasteiger partial charge in [0.1, 0.15) is 0 Å². The summed E-state index contributed by atoms with van der Waals surface area (Å²) >= 11 is 0. The highest BCUT2D eigenvalue weighted by molar-refractivity contribution is 7.75. The Balaban J connectivity index is 1.63. The average molecular weight is 348 g/mol. The predicted molar refractivity (Wildman–Crippen MR) is 110 cm³/mol. The van der Waals surface area contributed by atoms with E-state index in [1.807, 2.05) is 0 Å². The SMILES string of the molecule is c1ccc(P2CCC(P(c3ccccc3)c3ccccc3)C2)cc1. The highest BCUT2D eigenvalue weighted by atomic mass is 31.1. The van der Waals surface area contributed by atoms with E-state index in [1.165, 1.54) is 29.4 Å². The first kappa shape index (κ1) is 16.0. The van der Waals surface area contributed by atoms with Crippen molar-refractivity contribution in [3.63, 3.8) is 0 Å². The molecule has 0 nitrogen and oxygen atoms in total. The first-order chi connectivity index (χ1) is 11.9. The summed E-state index contributed by atoms with van der Waals surface area (Å²) in [4.78, 5) is 0. The molecule has 3 aromatic carbocycles. The van der Waals surface area contributed by atoms with E-state index in [0.29, 0.717) is 0 Å². The minimum Gasteiger partial charge on any atom is -0.0746 e. The number of rotatable bonds is 4. The summed E-state index contributed by atoms with van der Waals surface area (Å²) in [6.07, 6.45) is 4.15. The Bertz CT molecular complexity index is 716. The maximum Gasteiger partial charge on any atom is -0.00830 e. The van der Waals surface area contributed by atoms with Crippen LogP contribution >= 0.6 is 15.8 Å². The zero-order chi connectivity index (χ0) is 16.2. The molecule has 24 heavy (non-hydrogen) atoms. The molecule has 2 heteroatoms. The molecule has 1 heterocycles. The average Bonchev–Trinajstić information content (AvgIpc) is 3.14. The molecule has 1 fully saturated rings. The lowest BCUT2D eigenvalue weighted by atomic mass is 10.3. The van der Waals surface area contributed by atoms with Crippen LogP contribution in [0.2, 0.25) is 0 Å². The van der Waals surface area contributed by atoms with E-state index in [2.05, 4.69) is 91.0 Å². The monoisotopic (exact) mass is 348 g/mol. The molecule has 1 aliphatic rings. The first-order valence-corrected chi connectivity index (χ1v) is 11.7. The molecule has 0 radical (unpaired) electrons. The Morgan fingerprint density at radius 2 is 1.17 bits per heavy atom. The summed E-state index contributed by atoms with van der Waals surface area (Å²) in [5.74, 6) is 0. The van der Waals surface area contributed by atoms with Crippen molar-refractivity contribution in [1.82, 2.24) is 0 Å². The quantitative estimate of drug-likeness (QED) is 0.600. The predicted octanol–water partition coefficient (Wildman–Crippen LogP) is 4.70. The summed E-state index contributed by atoms with van der Waals surface area (Å²) in [7, 11) is -0.229. The molecule has 0 aliphatic carbocycles. The summed E-state index contributed by atoms with van der Waals surface area (Å²) in [5, 5.41) is 4.66. The molecular weight excluding hydrogens is 326 g/mol. The molecule has 0 spiro atoms. The number of benzene rings is 3. The molecule has 1 aliphatic heterocycles. The van der Waals surface area contributed by atoms with Crippen molar-refractivity contribution in [3.05, 3.63) is 91.0 Å². The van der Waals surface area contributed by atoms with Gasteiger partial charge >= 0.3 is 0 Å². The maximum absolute atomic E-state index is 2.34. The van der Waals surface area contributed by atoms with Crippen LogP contribution in [0.1, 0.15) is 6.42 Å². The standard InChI is InChI=1S/C22H22P2/c1-4-10-19(11-5-1)23-17-16-22(18-23)24(20-12-6-2-7-13-20)21-14-8-3-9-15-21/h1-15,22H,16-18H2. The summed E-state index contributed by atoms with van der Waals surface area (Å²) in [5.41, 5.74) is 0.816. The third-order valence-electron chi connectivity index (χ3n) is 4.72. The van der Waals surface area contributed by atoms with Gasteiger partial charge in [-0.15, -0.1) is 0 Å². The molecule has 3 aromatic rings. The zero-order valence-corrected chi connectivity index (χ0v) is 15.5. The van der Waals surface area contributed by atoms with Crippen molar-refractivity contribution in [1.29, 1.82) is 0 Å². The fraction of sp³-hybridized carbons (Fsp3) is 0.182. The van der Waals surface area contributed by atoms with Gasteiger partial charge in [0.05, 0.1) is 0 Å². The normalized spacial score (nSPS) is 20.4. The Morgan fingerprint density at radius 1 is 0.667 bits per heavy atom. The Hall–Kier alpha value is -1.48. The zero-order valence-electron chi connectivity index (χ0n) is 13.8. The van der Waals surface area contributed by atoms with Crippen LogP contribution in [0.5, 0.6) is 0 Å². The number of hydrogen-bond donors (Lipinski definition) is 0. The van der Waals surface area contributed by atoms with Crippen LogP contribution in [-0.2, 0) is 0 Å². The second-order valence-corrected chi connectivity index (χ2v) is 11.2. The van der Waals surface area contributed by atoms with Gasteiger partial charge in [-0.05, 0) is 48.2 Å². The topological polar surface area (TPSA) is 0 Å². The molecule has 2 unspecified atom stereocenters. The van der Waals surface area contributed by atoms with Gasteiger partial charge in [-0.1, -0.05) is 98.9 Å². The molecule has 0 bridgehead atoms. The van der Waals surface area contributed by atoms with E-state index in [-0.39, 0.29) is 15.8 Å². The van der Waals surface area contributed by atoms with Crippen molar-refractivity contribution >= 4 is 31.8 Å². The third-order valence-corrected chi connectivity index (χ3v) is 10.6. The van der Waals surface area contributed by atoms with Gasteiger partial charge in [0.2, 0.25) is 0 Å². The molecule has 0 saturated carbocycles. The van der Waals surface area contributed by atoms with Crippen molar-refractivity contribution in [2.24, 2.45) is 0 Å². The van der Waals surface area contributed by atoms with Crippen molar-refractivity contribution in [2.75, 3.05) is 12.3 Å². The lowest BCUT2D eigenvalue weighted by Gasteiger charge is -2.25. The van der Waals surface area contributed by atoms with Gasteiger partial charge in [0, 0.05) is 0 Å². The van der Waals surface area contributed by atoms with E-state index >= 15 is 0 Å². The van der Waals surface area contributed by atoms with Crippen molar-refractivity contribution in [2.45, 2.75) is 12.1 Å². The van der Waals surface area contributed by atoms with Crippen molar-refractivity contribution in [3.8, 4) is 0 Å². The van der Waals surface area contributed by atoms with Crippen LogP contribution in [0.25, 0.3) is 0 Å². The van der Waals surface area contributed by atoms with Gasteiger partial charge in [0.15, 0.2) is 0 Å². The fourth-order valence-corrected chi connectivity index (χ4v) is 10.1. The lowest BCUT2D eigenvalue weighted by molar-refractivity contribution is 0.962. The number of hydrogen-bond acceptors (Lipinski definition) is 0. The van der Waals surface area contributed by atoms with Crippen LogP contribution in [0, 0.1) is 0 Å². The third kappa shape index (κ3) is 3.46. The van der Waals surface area contributed by atoms with Gasteiger partial charge in [-0.2, -0.15) is 0 Å². The summed E-state index contributed by atoms with van der Waals surface area (Å²) in [6, 6.07) is 33.6. The molecule has 0 N–H and O–H groups in total. The van der Waals surface area contributed by atoms with Gasteiger partial charge in [-0.25, -0.2) is 0 Å². The fourth-order valence-electron chi connectivity index (χ4n) is 3.57. The molecule has 0 aromatic heterocycles. The summed E-state index contributed by atoms with van der Waals surface area (Å²) < 4.78 is 0. The van der Waals surface area contributed by atoms with Gasteiger partial charge in [-0.3, -0.25) is 0 Å². The maximum atomic E-state index is 2.34. The highest BCUT2D eigenvalue weighted by Crippen LogP contribution is 2.54. The van der Waals surface area contributed by atoms with Crippen molar-refractivity contribution < 1.29 is 0 Å². The van der Waals surface area contributed by atoms with E-state index in [9.17, 15) is 0 Å². The minimum atomic E-state index is -0.253. The van der Waals surface area contributed by atoms with Gasteiger partial charge < -0.3 is 0 Å². The lowest BCUT2D eigenvalue weighted by Crippen LogP contribution is -2.21. The summed E-state index contributed by atoms with van der Waals surface area (Å²) in [6.45, 7) is 0. The Kier molecular flexibility index (Phi) is 5.07. The van der Waals surface area contributed by atoms with E-state index < -0.39 is 0 Å². The molecular formula is C22H22P2. The molecule has 4 rings (SSSR count). The van der Waals surface area contributed by atoms with E-state index in [1.54, 1.807) is 5.30 Å². The molecule has 1 saturated heterocycles. The van der Waals surface area contributed by atoms with Gasteiger partial charge in [0.25, 0.3) is 0 Å². The van der Waals surface area contributed by atoms with Crippen LogP contribution < -0.4 is 15.9 Å². The van der Waals surface area contributed by atoms with E-state index in [4.69, 9.17) is 0 Å². The smallest absolute Gasteiger partial charge is 0.00830 e.